The molecule has 0 radical (unpaired) electrons. The highest BCUT2D eigenvalue weighted by Gasteiger charge is 2.07. The Morgan fingerprint density at radius 1 is 1.54 bits per heavy atom. The molecule has 0 aliphatic heterocycles. The molecule has 1 aromatic heterocycles. The average Bonchev–Trinajstić information content (AvgIpc) is 2.18. The second kappa shape index (κ2) is 4.59. The van der Waals surface area contributed by atoms with Gasteiger partial charge in [-0.1, -0.05) is 0 Å². The number of esters is 1. The number of hydrogen-bond acceptors (Lipinski definition) is 4. The molecule has 0 atom stereocenters. The largest absolute Gasteiger partial charge is 0.461 e. The smallest absolute Gasteiger partial charge is 0.358 e. The van der Waals surface area contributed by atoms with Crippen molar-refractivity contribution in [3.63, 3.8) is 0 Å². The second-order valence-corrected chi connectivity index (χ2v) is 2.47. The van der Waals surface area contributed by atoms with Gasteiger partial charge in [-0.05, 0) is 13.2 Å². The third kappa shape index (κ3) is 2.54. The first kappa shape index (κ1) is 9.70. The predicted molar refractivity (Wildman–Crippen MR) is 50.2 cm³/mol. The molecule has 1 aromatic rings. The lowest BCUT2D eigenvalue weighted by Gasteiger charge is -2.00. The van der Waals surface area contributed by atoms with Gasteiger partial charge in [-0.2, -0.15) is 0 Å². The normalized spacial score (nSPS) is 9.62. The van der Waals surface area contributed by atoms with E-state index in [0.29, 0.717) is 6.61 Å². The maximum Gasteiger partial charge on any atom is 0.358 e. The molecular weight excluding hydrogens is 167 g/mol. The van der Waals surface area contributed by atoms with Crippen LogP contribution in [0.25, 0.3) is 0 Å². The van der Waals surface area contributed by atoms with Crippen LogP contribution in [-0.2, 0) is 11.1 Å². The highest BCUT2D eigenvalue weighted by Crippen LogP contribution is 1.97. The molecule has 0 saturated carbocycles. The number of aromatic nitrogens is 2. The molecule has 0 saturated heterocycles. The van der Waals surface area contributed by atoms with Crippen LogP contribution in [0.5, 0.6) is 0 Å². The van der Waals surface area contributed by atoms with Gasteiger partial charge in [-0.25, -0.2) is 9.78 Å². The Morgan fingerprint density at radius 2 is 2.31 bits per heavy atom. The Balaban J connectivity index is 2.74. The first-order valence-electron chi connectivity index (χ1n) is 4.26. The van der Waals surface area contributed by atoms with Crippen molar-refractivity contribution in [1.82, 2.24) is 9.97 Å². The van der Waals surface area contributed by atoms with Gasteiger partial charge in [-0.15, -0.1) is 0 Å². The SMILES string of the molecule is BCc1cnc(C(=O)OCC)cn1. The van der Waals surface area contributed by atoms with Gasteiger partial charge in [0.2, 0.25) is 0 Å². The van der Waals surface area contributed by atoms with Crippen molar-refractivity contribution in [1.29, 1.82) is 0 Å². The monoisotopic (exact) mass is 178 g/mol. The minimum absolute atomic E-state index is 0.263. The van der Waals surface area contributed by atoms with Gasteiger partial charge < -0.3 is 4.74 Å². The topological polar surface area (TPSA) is 52.1 Å². The summed E-state index contributed by atoms with van der Waals surface area (Å²) in [4.78, 5) is 19.1. The number of rotatable bonds is 3. The lowest BCUT2D eigenvalue weighted by molar-refractivity contribution is 0.0519. The Hall–Kier alpha value is -1.39. The molecule has 1 rings (SSSR count). The molecule has 13 heavy (non-hydrogen) atoms. The van der Waals surface area contributed by atoms with Crippen LogP contribution in [0.3, 0.4) is 0 Å². The number of ether oxygens (including phenoxy) is 1. The molecular formula is C8H11BN2O2. The Labute approximate surface area is 77.8 Å². The summed E-state index contributed by atoms with van der Waals surface area (Å²) in [6, 6.07) is 0. The van der Waals surface area contributed by atoms with E-state index in [2.05, 4.69) is 9.97 Å². The summed E-state index contributed by atoms with van der Waals surface area (Å²) in [7, 11) is 1.98. The quantitative estimate of drug-likeness (QED) is 0.474. The molecule has 0 N–H and O–H groups in total. The first-order chi connectivity index (χ1) is 6.27. The zero-order valence-corrected chi connectivity index (χ0v) is 7.78. The van der Waals surface area contributed by atoms with Gasteiger partial charge >= 0.3 is 5.97 Å². The average molecular weight is 178 g/mol. The summed E-state index contributed by atoms with van der Waals surface area (Å²) in [5.41, 5.74) is 1.13. The fourth-order valence-electron chi connectivity index (χ4n) is 0.848. The maximum absolute atomic E-state index is 11.1. The third-order valence-electron chi connectivity index (χ3n) is 1.55. The van der Waals surface area contributed by atoms with Gasteiger partial charge in [0.1, 0.15) is 7.85 Å². The molecule has 4 nitrogen and oxygen atoms in total. The van der Waals surface area contributed by atoms with Crippen LogP contribution >= 0.6 is 0 Å². The highest BCUT2D eigenvalue weighted by molar-refractivity contribution is 6.08. The van der Waals surface area contributed by atoms with Crippen LogP contribution in [-0.4, -0.2) is 30.4 Å². The van der Waals surface area contributed by atoms with Crippen LogP contribution in [0.15, 0.2) is 12.4 Å². The highest BCUT2D eigenvalue weighted by atomic mass is 16.5. The van der Waals surface area contributed by atoms with Crippen molar-refractivity contribution in [3.8, 4) is 0 Å². The first-order valence-corrected chi connectivity index (χ1v) is 4.26. The van der Waals surface area contributed by atoms with Gasteiger partial charge in [0.05, 0.1) is 18.5 Å². The lowest BCUT2D eigenvalue weighted by atomic mass is 10.0. The fourth-order valence-corrected chi connectivity index (χ4v) is 0.848. The predicted octanol–water partition coefficient (Wildman–Crippen LogP) is -0.214. The van der Waals surface area contributed by atoms with E-state index in [-0.39, 0.29) is 5.69 Å². The number of carbonyl (C=O) groups excluding carboxylic acids is 1. The van der Waals surface area contributed by atoms with E-state index in [4.69, 9.17) is 4.74 Å². The van der Waals surface area contributed by atoms with Crippen LogP contribution in [0.4, 0.5) is 0 Å². The summed E-state index contributed by atoms with van der Waals surface area (Å²) in [6.45, 7) is 2.11. The van der Waals surface area contributed by atoms with Crippen LogP contribution in [0.2, 0.25) is 0 Å². The van der Waals surface area contributed by atoms with E-state index in [1.165, 1.54) is 6.20 Å². The minimum atomic E-state index is -0.419. The fraction of sp³-hybridized carbons (Fsp3) is 0.375. The van der Waals surface area contributed by atoms with Crippen molar-refractivity contribution in [2.75, 3.05) is 6.61 Å². The standard InChI is InChI=1S/C8H11BN2O2/c1-2-13-8(12)7-5-10-6(3-9)4-11-7/h4-5H,2-3,9H2,1H3. The Morgan fingerprint density at radius 3 is 2.77 bits per heavy atom. The van der Waals surface area contributed by atoms with Gasteiger partial charge in [0, 0.05) is 6.20 Å². The molecule has 68 valence electrons. The molecule has 0 unspecified atom stereocenters. The number of hydrogen-bond donors (Lipinski definition) is 0. The van der Waals surface area contributed by atoms with Crippen LogP contribution in [0, 0.1) is 0 Å². The number of carbonyl (C=O) groups is 1. The van der Waals surface area contributed by atoms with Crippen LogP contribution < -0.4 is 0 Å². The summed E-state index contributed by atoms with van der Waals surface area (Å²) in [5, 5.41) is 0. The van der Waals surface area contributed by atoms with Crippen molar-refractivity contribution in [3.05, 3.63) is 23.8 Å². The molecule has 0 spiro atoms. The maximum atomic E-state index is 11.1. The molecule has 0 amide bonds. The molecule has 0 aliphatic carbocycles. The Kier molecular flexibility index (Phi) is 3.43. The summed E-state index contributed by atoms with van der Waals surface area (Å²) in [6.07, 6.45) is 3.85. The van der Waals surface area contributed by atoms with Crippen molar-refractivity contribution < 1.29 is 9.53 Å². The molecule has 0 fully saturated rings. The summed E-state index contributed by atoms with van der Waals surface area (Å²) < 4.78 is 4.76. The van der Waals surface area contributed by atoms with Gasteiger partial charge in [0.25, 0.3) is 0 Å². The van der Waals surface area contributed by atoms with E-state index >= 15 is 0 Å². The summed E-state index contributed by atoms with van der Waals surface area (Å²) >= 11 is 0. The molecule has 5 heteroatoms. The van der Waals surface area contributed by atoms with Crippen molar-refractivity contribution >= 4 is 13.8 Å². The summed E-state index contributed by atoms with van der Waals surface area (Å²) in [5.74, 6) is -0.419. The van der Waals surface area contributed by atoms with Gasteiger partial charge in [-0.3, -0.25) is 4.98 Å². The zero-order chi connectivity index (χ0) is 9.68. The van der Waals surface area contributed by atoms with Crippen LogP contribution in [0.1, 0.15) is 23.1 Å². The Bertz CT molecular complexity index is 287. The van der Waals surface area contributed by atoms with E-state index in [1.807, 2.05) is 7.85 Å². The lowest BCUT2D eigenvalue weighted by Crippen LogP contribution is -2.08. The van der Waals surface area contributed by atoms with E-state index in [9.17, 15) is 4.79 Å². The van der Waals surface area contributed by atoms with Gasteiger partial charge in [0.15, 0.2) is 5.69 Å². The minimum Gasteiger partial charge on any atom is -0.461 e. The van der Waals surface area contributed by atoms with E-state index < -0.39 is 5.97 Å². The van der Waals surface area contributed by atoms with Crippen molar-refractivity contribution in [2.45, 2.75) is 13.2 Å². The van der Waals surface area contributed by atoms with E-state index in [0.717, 1.165) is 12.0 Å². The molecule has 1 heterocycles. The second-order valence-electron chi connectivity index (χ2n) is 2.47. The molecule has 0 aliphatic rings. The van der Waals surface area contributed by atoms with Crippen molar-refractivity contribution in [2.24, 2.45) is 0 Å². The molecule has 0 bridgehead atoms. The number of nitrogens with zero attached hydrogens (tertiary/aromatic N) is 2. The molecule has 0 aromatic carbocycles. The zero-order valence-electron chi connectivity index (χ0n) is 7.78. The van der Waals surface area contributed by atoms with E-state index in [1.54, 1.807) is 13.1 Å². The third-order valence-corrected chi connectivity index (χ3v) is 1.55.